The summed E-state index contributed by atoms with van der Waals surface area (Å²) >= 11 is 0. The van der Waals surface area contributed by atoms with Gasteiger partial charge in [-0.05, 0) is 30.7 Å². The van der Waals surface area contributed by atoms with Crippen LogP contribution < -0.4 is 5.32 Å². The molecule has 0 aliphatic carbocycles. The van der Waals surface area contributed by atoms with Crippen molar-refractivity contribution in [1.29, 1.82) is 0 Å². The average molecular weight is 187 g/mol. The minimum atomic E-state index is 0.675. The number of hydrogen-bond acceptors (Lipinski definition) is 2. The maximum atomic E-state index is 10.6. The van der Waals surface area contributed by atoms with E-state index in [-0.39, 0.29) is 0 Å². The highest BCUT2D eigenvalue weighted by Crippen LogP contribution is 2.16. The van der Waals surface area contributed by atoms with Gasteiger partial charge in [0.05, 0.1) is 0 Å². The van der Waals surface area contributed by atoms with Crippen molar-refractivity contribution in [2.24, 2.45) is 0 Å². The molecule has 72 valence electrons. The van der Waals surface area contributed by atoms with E-state index in [2.05, 4.69) is 17.2 Å². The van der Waals surface area contributed by atoms with Gasteiger partial charge in [0.25, 0.3) is 0 Å². The lowest BCUT2D eigenvalue weighted by Gasteiger charge is -2.06. The molecule has 0 aliphatic heterocycles. The lowest BCUT2D eigenvalue weighted by Crippen LogP contribution is -1.96. The van der Waals surface area contributed by atoms with Gasteiger partial charge in [0.15, 0.2) is 0 Å². The number of rotatable bonds is 3. The fourth-order valence-corrected chi connectivity index (χ4v) is 1.26. The summed E-state index contributed by atoms with van der Waals surface area (Å²) < 4.78 is 0. The van der Waals surface area contributed by atoms with E-state index >= 15 is 0 Å². The van der Waals surface area contributed by atoms with E-state index < -0.39 is 0 Å². The largest absolute Gasteiger partial charge is 0.388 e. The Morgan fingerprint density at radius 2 is 2.29 bits per heavy atom. The number of carbonyl (C=O) groups excluding carboxylic acids is 1. The Bertz CT molecular complexity index is 385. The van der Waals surface area contributed by atoms with E-state index in [0.29, 0.717) is 12.0 Å². The zero-order valence-corrected chi connectivity index (χ0v) is 8.42. The second-order valence-electron chi connectivity index (χ2n) is 2.89. The molecule has 0 aromatic heterocycles. The molecule has 1 rings (SSSR count). The molecular formula is C12H13NO. The molecule has 0 saturated carbocycles. The van der Waals surface area contributed by atoms with Crippen LogP contribution in [0, 0.1) is 11.8 Å². The van der Waals surface area contributed by atoms with Crippen molar-refractivity contribution in [3.05, 3.63) is 29.3 Å². The molecule has 0 bridgehead atoms. The number of carbonyl (C=O) groups is 1. The third kappa shape index (κ3) is 2.37. The van der Waals surface area contributed by atoms with Crippen molar-refractivity contribution in [2.75, 3.05) is 12.4 Å². The van der Waals surface area contributed by atoms with Crippen LogP contribution in [0.2, 0.25) is 0 Å². The molecule has 0 unspecified atom stereocenters. The fraction of sp³-hybridized carbons (Fsp3) is 0.250. The lowest BCUT2D eigenvalue weighted by molar-refractivity contribution is 0.112. The monoisotopic (exact) mass is 187 g/mol. The Balaban J connectivity index is 3.05. The van der Waals surface area contributed by atoms with Gasteiger partial charge in [-0.25, -0.2) is 0 Å². The number of nitrogens with one attached hydrogen (secondary N) is 1. The summed E-state index contributed by atoms with van der Waals surface area (Å²) in [5.74, 6) is 5.82. The molecule has 0 heterocycles. The topological polar surface area (TPSA) is 29.1 Å². The highest BCUT2D eigenvalue weighted by Gasteiger charge is 2.00. The summed E-state index contributed by atoms with van der Waals surface area (Å²) in [5, 5.41) is 3.07. The quantitative estimate of drug-likeness (QED) is 0.580. The molecule has 0 radical (unpaired) electrons. The molecule has 0 aliphatic rings. The molecule has 0 fully saturated rings. The van der Waals surface area contributed by atoms with Crippen LogP contribution in [0.5, 0.6) is 0 Å². The molecule has 2 nitrogen and oxygen atoms in total. The first-order valence-electron chi connectivity index (χ1n) is 4.47. The number of anilines is 1. The van der Waals surface area contributed by atoms with Crippen LogP contribution in [0.1, 0.15) is 22.8 Å². The van der Waals surface area contributed by atoms with Gasteiger partial charge in [-0.2, -0.15) is 0 Å². The molecule has 0 atom stereocenters. The predicted octanol–water partition coefficient (Wildman–Crippen LogP) is 2.11. The lowest BCUT2D eigenvalue weighted by atomic mass is 10.1. The molecule has 2 heteroatoms. The van der Waals surface area contributed by atoms with Gasteiger partial charge in [-0.1, -0.05) is 5.92 Å². The minimum Gasteiger partial charge on any atom is -0.388 e. The van der Waals surface area contributed by atoms with Gasteiger partial charge in [0.1, 0.15) is 6.29 Å². The Hall–Kier alpha value is -1.75. The van der Waals surface area contributed by atoms with Crippen LogP contribution in [0.3, 0.4) is 0 Å². The van der Waals surface area contributed by atoms with E-state index in [1.54, 1.807) is 6.07 Å². The summed E-state index contributed by atoms with van der Waals surface area (Å²) in [7, 11) is 1.86. The highest BCUT2D eigenvalue weighted by molar-refractivity contribution is 5.77. The van der Waals surface area contributed by atoms with Gasteiger partial charge < -0.3 is 5.32 Å². The molecule has 0 saturated heterocycles. The van der Waals surface area contributed by atoms with Crippen molar-refractivity contribution in [3.63, 3.8) is 0 Å². The first kappa shape index (κ1) is 10.3. The van der Waals surface area contributed by atoms with Crippen LogP contribution in [-0.2, 0) is 6.42 Å². The third-order valence-electron chi connectivity index (χ3n) is 1.99. The summed E-state index contributed by atoms with van der Waals surface area (Å²) in [6, 6.07) is 5.56. The second kappa shape index (κ2) is 5.08. The van der Waals surface area contributed by atoms with E-state index in [1.807, 2.05) is 26.1 Å². The Morgan fingerprint density at radius 3 is 2.86 bits per heavy atom. The Labute approximate surface area is 84.3 Å². The first-order valence-corrected chi connectivity index (χ1v) is 4.47. The van der Waals surface area contributed by atoms with Gasteiger partial charge in [-0.3, -0.25) is 4.79 Å². The Morgan fingerprint density at radius 1 is 1.50 bits per heavy atom. The normalized spacial score (nSPS) is 8.71. The molecule has 1 N–H and O–H groups in total. The molecule has 0 spiro atoms. The SMILES string of the molecule is CC#CCc1cc(C=O)ccc1NC. The molecule has 14 heavy (non-hydrogen) atoms. The van der Waals surface area contributed by atoms with Crippen LogP contribution in [0.25, 0.3) is 0 Å². The van der Waals surface area contributed by atoms with Gasteiger partial charge in [0.2, 0.25) is 0 Å². The van der Waals surface area contributed by atoms with Crippen molar-refractivity contribution in [1.82, 2.24) is 0 Å². The average Bonchev–Trinajstić information content (AvgIpc) is 2.25. The van der Waals surface area contributed by atoms with Gasteiger partial charge in [0, 0.05) is 24.7 Å². The molecule has 1 aromatic rings. The summed E-state index contributed by atoms with van der Waals surface area (Å²) in [4.78, 5) is 10.6. The van der Waals surface area contributed by atoms with Crippen molar-refractivity contribution in [3.8, 4) is 11.8 Å². The number of aldehydes is 1. The second-order valence-corrected chi connectivity index (χ2v) is 2.89. The molecule has 0 amide bonds. The van der Waals surface area contributed by atoms with E-state index in [1.165, 1.54) is 0 Å². The van der Waals surface area contributed by atoms with E-state index in [0.717, 1.165) is 17.5 Å². The zero-order chi connectivity index (χ0) is 10.4. The number of hydrogen-bond donors (Lipinski definition) is 1. The maximum absolute atomic E-state index is 10.6. The van der Waals surface area contributed by atoms with Crippen LogP contribution in [-0.4, -0.2) is 13.3 Å². The van der Waals surface area contributed by atoms with Gasteiger partial charge in [-0.15, -0.1) is 5.92 Å². The minimum absolute atomic E-state index is 0.675. The van der Waals surface area contributed by atoms with Crippen LogP contribution in [0.4, 0.5) is 5.69 Å². The van der Waals surface area contributed by atoms with E-state index in [9.17, 15) is 4.79 Å². The predicted molar refractivity (Wildman–Crippen MR) is 58.5 cm³/mol. The maximum Gasteiger partial charge on any atom is 0.150 e. The van der Waals surface area contributed by atoms with Crippen LogP contribution in [0.15, 0.2) is 18.2 Å². The van der Waals surface area contributed by atoms with Crippen LogP contribution >= 0.6 is 0 Å². The molecule has 1 aromatic carbocycles. The fourth-order valence-electron chi connectivity index (χ4n) is 1.26. The van der Waals surface area contributed by atoms with E-state index in [4.69, 9.17) is 0 Å². The standard InChI is InChI=1S/C12H13NO/c1-3-4-5-11-8-10(9-14)6-7-12(11)13-2/h6-9,13H,5H2,1-2H3. The first-order chi connectivity index (χ1) is 6.81. The van der Waals surface area contributed by atoms with Crippen molar-refractivity contribution in [2.45, 2.75) is 13.3 Å². The van der Waals surface area contributed by atoms with Crippen molar-refractivity contribution >= 4 is 12.0 Å². The zero-order valence-electron chi connectivity index (χ0n) is 8.42. The van der Waals surface area contributed by atoms with Gasteiger partial charge >= 0.3 is 0 Å². The smallest absolute Gasteiger partial charge is 0.150 e. The third-order valence-corrected chi connectivity index (χ3v) is 1.99. The summed E-state index contributed by atoms with van der Waals surface area (Å²) in [6.07, 6.45) is 1.52. The number of benzene rings is 1. The Kier molecular flexibility index (Phi) is 3.75. The highest BCUT2D eigenvalue weighted by atomic mass is 16.1. The molecular weight excluding hydrogens is 174 g/mol. The van der Waals surface area contributed by atoms with Crippen molar-refractivity contribution < 1.29 is 4.79 Å². The summed E-state index contributed by atoms with van der Waals surface area (Å²) in [5.41, 5.74) is 2.78. The summed E-state index contributed by atoms with van der Waals surface area (Å²) in [6.45, 7) is 1.81.